The number of anilines is 2. The predicted octanol–water partition coefficient (Wildman–Crippen LogP) is 2.81. The number of hydrogen-bond acceptors (Lipinski definition) is 5. The highest BCUT2D eigenvalue weighted by Crippen LogP contribution is 2.30. The van der Waals surface area contributed by atoms with Gasteiger partial charge in [-0.1, -0.05) is 29.8 Å². The SMILES string of the molecule is NS(=O)(=O)c1cc(CNc2ccccc2N2CCC(CO)CC2)ccc1Cl. The van der Waals surface area contributed by atoms with Crippen LogP contribution in [0.4, 0.5) is 11.4 Å². The van der Waals surface area contributed by atoms with Gasteiger partial charge in [0.05, 0.1) is 16.4 Å². The molecule has 3 rings (SSSR count). The third-order valence-electron chi connectivity index (χ3n) is 4.90. The number of rotatable bonds is 6. The topological polar surface area (TPSA) is 95.7 Å². The summed E-state index contributed by atoms with van der Waals surface area (Å²) in [5.41, 5.74) is 2.86. The zero-order chi connectivity index (χ0) is 19.4. The maximum atomic E-state index is 11.6. The molecule has 1 fully saturated rings. The summed E-state index contributed by atoms with van der Waals surface area (Å²) in [7, 11) is -3.86. The van der Waals surface area contributed by atoms with E-state index in [9.17, 15) is 13.5 Å². The Kier molecular flexibility index (Phi) is 6.26. The highest BCUT2D eigenvalue weighted by atomic mass is 35.5. The van der Waals surface area contributed by atoms with Gasteiger partial charge in [0.15, 0.2) is 0 Å². The summed E-state index contributed by atoms with van der Waals surface area (Å²) < 4.78 is 23.3. The molecular weight excluding hydrogens is 386 g/mol. The van der Waals surface area contributed by atoms with Crippen molar-refractivity contribution in [3.63, 3.8) is 0 Å². The quantitative estimate of drug-likeness (QED) is 0.681. The Labute approximate surface area is 165 Å². The van der Waals surface area contributed by atoms with Crippen LogP contribution in [0.1, 0.15) is 18.4 Å². The third kappa shape index (κ3) is 4.93. The molecule has 0 atom stereocenters. The summed E-state index contributed by atoms with van der Waals surface area (Å²) >= 11 is 5.94. The lowest BCUT2D eigenvalue weighted by Crippen LogP contribution is -2.35. The Balaban J connectivity index is 1.74. The Morgan fingerprint density at radius 1 is 1.19 bits per heavy atom. The summed E-state index contributed by atoms with van der Waals surface area (Å²) in [6.07, 6.45) is 1.94. The third-order valence-corrected chi connectivity index (χ3v) is 6.30. The number of primary sulfonamides is 1. The van der Waals surface area contributed by atoms with Crippen molar-refractivity contribution in [2.45, 2.75) is 24.3 Å². The molecule has 0 saturated carbocycles. The molecule has 2 aromatic carbocycles. The van der Waals surface area contributed by atoms with Crippen LogP contribution in [0.2, 0.25) is 5.02 Å². The fraction of sp³-hybridized carbons (Fsp3) is 0.368. The minimum absolute atomic E-state index is 0.0668. The van der Waals surface area contributed by atoms with Crippen molar-refractivity contribution in [1.29, 1.82) is 0 Å². The number of halogens is 1. The molecule has 0 radical (unpaired) electrons. The molecule has 2 aromatic rings. The number of nitrogens with zero attached hydrogens (tertiary/aromatic N) is 1. The number of piperidine rings is 1. The van der Waals surface area contributed by atoms with Gasteiger partial charge in [0, 0.05) is 26.2 Å². The van der Waals surface area contributed by atoms with E-state index in [2.05, 4.69) is 16.3 Å². The minimum Gasteiger partial charge on any atom is -0.396 e. The summed E-state index contributed by atoms with van der Waals surface area (Å²) in [6, 6.07) is 12.9. The second kappa shape index (κ2) is 8.48. The van der Waals surface area contributed by atoms with Crippen LogP contribution < -0.4 is 15.4 Å². The number of hydrogen-bond donors (Lipinski definition) is 3. The van der Waals surface area contributed by atoms with E-state index < -0.39 is 10.0 Å². The van der Waals surface area contributed by atoms with Crippen molar-refractivity contribution in [1.82, 2.24) is 0 Å². The summed E-state index contributed by atoms with van der Waals surface area (Å²) in [5, 5.41) is 18.0. The Hall–Kier alpha value is -1.80. The molecule has 1 saturated heterocycles. The normalized spacial score (nSPS) is 15.7. The summed E-state index contributed by atoms with van der Waals surface area (Å²) in [4.78, 5) is 2.24. The van der Waals surface area contributed by atoms with E-state index in [0.717, 1.165) is 42.9 Å². The zero-order valence-corrected chi connectivity index (χ0v) is 16.5. The molecule has 27 heavy (non-hydrogen) atoms. The molecule has 0 aliphatic carbocycles. The van der Waals surface area contributed by atoms with Gasteiger partial charge in [0.1, 0.15) is 4.90 Å². The molecule has 0 bridgehead atoms. The van der Waals surface area contributed by atoms with Crippen molar-refractivity contribution in [3.8, 4) is 0 Å². The van der Waals surface area contributed by atoms with Gasteiger partial charge in [-0.3, -0.25) is 0 Å². The lowest BCUT2D eigenvalue weighted by Gasteiger charge is -2.34. The second-order valence-electron chi connectivity index (χ2n) is 6.79. The largest absolute Gasteiger partial charge is 0.396 e. The van der Waals surface area contributed by atoms with E-state index in [1.165, 1.54) is 6.07 Å². The van der Waals surface area contributed by atoms with E-state index >= 15 is 0 Å². The van der Waals surface area contributed by atoms with Gasteiger partial charge < -0.3 is 15.3 Å². The Morgan fingerprint density at radius 2 is 1.89 bits per heavy atom. The van der Waals surface area contributed by atoms with Crippen LogP contribution in [0.15, 0.2) is 47.4 Å². The molecule has 0 spiro atoms. The van der Waals surface area contributed by atoms with E-state index in [-0.39, 0.29) is 16.5 Å². The van der Waals surface area contributed by atoms with Crippen molar-refractivity contribution in [2.75, 3.05) is 29.9 Å². The predicted molar refractivity (Wildman–Crippen MR) is 109 cm³/mol. The number of nitrogens with two attached hydrogens (primary N) is 1. The van der Waals surface area contributed by atoms with Gasteiger partial charge in [0.25, 0.3) is 0 Å². The van der Waals surface area contributed by atoms with Gasteiger partial charge in [0.2, 0.25) is 10.0 Å². The number of aliphatic hydroxyl groups is 1. The molecule has 8 heteroatoms. The first kappa shape index (κ1) is 19.9. The molecule has 0 unspecified atom stereocenters. The second-order valence-corrected chi connectivity index (χ2v) is 8.73. The fourth-order valence-corrected chi connectivity index (χ4v) is 4.42. The lowest BCUT2D eigenvalue weighted by atomic mass is 9.97. The standard InChI is InChI=1S/C19H24ClN3O3S/c20-16-6-5-15(11-19(16)27(21,25)26)12-22-17-3-1-2-4-18(17)23-9-7-14(13-24)8-10-23/h1-6,11,14,22,24H,7-10,12-13H2,(H2,21,25,26). The van der Waals surface area contributed by atoms with Gasteiger partial charge >= 0.3 is 0 Å². The summed E-state index contributed by atoms with van der Waals surface area (Å²) in [6.45, 7) is 2.50. The number of benzene rings is 2. The minimum atomic E-state index is -3.86. The number of aliphatic hydroxyl groups excluding tert-OH is 1. The van der Waals surface area contributed by atoms with Gasteiger partial charge in [-0.15, -0.1) is 0 Å². The average Bonchev–Trinajstić information content (AvgIpc) is 2.67. The molecule has 1 heterocycles. The van der Waals surface area contributed by atoms with Crippen LogP contribution in [0.3, 0.4) is 0 Å². The fourth-order valence-electron chi connectivity index (χ4n) is 3.33. The smallest absolute Gasteiger partial charge is 0.239 e. The van der Waals surface area contributed by atoms with Gasteiger partial charge in [-0.25, -0.2) is 13.6 Å². The van der Waals surface area contributed by atoms with Gasteiger partial charge in [-0.2, -0.15) is 0 Å². The molecular formula is C19H24ClN3O3S. The maximum Gasteiger partial charge on any atom is 0.239 e. The maximum absolute atomic E-state index is 11.6. The molecule has 4 N–H and O–H groups in total. The Morgan fingerprint density at radius 3 is 2.56 bits per heavy atom. The first-order valence-electron chi connectivity index (χ1n) is 8.88. The van der Waals surface area contributed by atoms with E-state index in [0.29, 0.717) is 12.5 Å². The van der Waals surface area contributed by atoms with Crippen molar-refractivity contribution in [2.24, 2.45) is 11.1 Å². The number of nitrogens with one attached hydrogen (secondary N) is 1. The van der Waals surface area contributed by atoms with Crippen LogP contribution in [-0.4, -0.2) is 33.2 Å². The van der Waals surface area contributed by atoms with Crippen molar-refractivity contribution < 1.29 is 13.5 Å². The Bertz CT molecular complexity index is 897. The van der Waals surface area contributed by atoms with E-state index in [1.807, 2.05) is 18.2 Å². The van der Waals surface area contributed by atoms with Crippen LogP contribution in [0.25, 0.3) is 0 Å². The molecule has 1 aliphatic rings. The molecule has 6 nitrogen and oxygen atoms in total. The van der Waals surface area contributed by atoms with Crippen LogP contribution in [0, 0.1) is 5.92 Å². The van der Waals surface area contributed by atoms with Gasteiger partial charge in [-0.05, 0) is 48.6 Å². The molecule has 0 amide bonds. The lowest BCUT2D eigenvalue weighted by molar-refractivity contribution is 0.203. The highest BCUT2D eigenvalue weighted by Gasteiger charge is 2.20. The summed E-state index contributed by atoms with van der Waals surface area (Å²) in [5.74, 6) is 0.382. The zero-order valence-electron chi connectivity index (χ0n) is 14.9. The van der Waals surface area contributed by atoms with Crippen LogP contribution in [-0.2, 0) is 16.6 Å². The monoisotopic (exact) mass is 409 g/mol. The first-order valence-corrected chi connectivity index (χ1v) is 10.8. The van der Waals surface area contributed by atoms with E-state index in [1.54, 1.807) is 12.1 Å². The average molecular weight is 410 g/mol. The molecule has 0 aromatic heterocycles. The first-order chi connectivity index (χ1) is 12.9. The van der Waals surface area contributed by atoms with Crippen LogP contribution >= 0.6 is 11.6 Å². The van der Waals surface area contributed by atoms with Crippen molar-refractivity contribution >= 4 is 33.0 Å². The highest BCUT2D eigenvalue weighted by molar-refractivity contribution is 7.89. The number of para-hydroxylation sites is 2. The van der Waals surface area contributed by atoms with Crippen LogP contribution in [0.5, 0.6) is 0 Å². The van der Waals surface area contributed by atoms with E-state index in [4.69, 9.17) is 16.7 Å². The number of sulfonamides is 1. The van der Waals surface area contributed by atoms with Crippen molar-refractivity contribution in [3.05, 3.63) is 53.1 Å². The molecule has 146 valence electrons. The molecule has 1 aliphatic heterocycles.